The van der Waals surface area contributed by atoms with E-state index < -0.39 is 7.60 Å². The van der Waals surface area contributed by atoms with Gasteiger partial charge in [0, 0.05) is 12.0 Å². The van der Waals surface area contributed by atoms with E-state index in [1.165, 1.54) is 7.11 Å². The third kappa shape index (κ3) is 4.79. The van der Waals surface area contributed by atoms with E-state index in [-0.39, 0.29) is 25.4 Å². The normalized spacial score (nSPS) is 11.3. The molecule has 25 heavy (non-hydrogen) atoms. The number of carbonyl (C=O) groups is 1. The molecular formula is C19H23O5P. The third-order valence-corrected chi connectivity index (χ3v) is 5.84. The second kappa shape index (κ2) is 8.95. The van der Waals surface area contributed by atoms with Crippen molar-refractivity contribution < 1.29 is 23.1 Å². The second-order valence-electron chi connectivity index (χ2n) is 5.29. The monoisotopic (exact) mass is 362 g/mol. The van der Waals surface area contributed by atoms with Crippen LogP contribution in [0.3, 0.4) is 0 Å². The summed E-state index contributed by atoms with van der Waals surface area (Å²) in [4.78, 5) is 12.6. The van der Waals surface area contributed by atoms with Crippen LogP contribution in [0.25, 0.3) is 0 Å². The molecule has 0 bridgehead atoms. The topological polar surface area (TPSA) is 61.8 Å². The Labute approximate surface area is 148 Å². The number of carbonyl (C=O) groups excluding carboxylic acids is 1. The molecule has 2 rings (SSSR count). The van der Waals surface area contributed by atoms with E-state index in [1.54, 1.807) is 44.2 Å². The maximum absolute atomic E-state index is 13.2. The minimum atomic E-state index is -3.53. The Morgan fingerprint density at radius 1 is 1.00 bits per heavy atom. The Kier molecular flexibility index (Phi) is 6.94. The average molecular weight is 362 g/mol. The van der Waals surface area contributed by atoms with Crippen LogP contribution in [-0.4, -0.2) is 26.1 Å². The number of hydrogen-bond donors (Lipinski definition) is 0. The van der Waals surface area contributed by atoms with Gasteiger partial charge in [-0.3, -0.25) is 9.36 Å². The van der Waals surface area contributed by atoms with Gasteiger partial charge in [0.15, 0.2) is 5.78 Å². The van der Waals surface area contributed by atoms with Crippen molar-refractivity contribution in [2.24, 2.45) is 0 Å². The molecule has 5 nitrogen and oxygen atoms in total. The smallest absolute Gasteiger partial charge is 0.361 e. The summed E-state index contributed by atoms with van der Waals surface area (Å²) < 4.78 is 29.3. The van der Waals surface area contributed by atoms with Crippen LogP contribution in [0.2, 0.25) is 0 Å². The van der Waals surface area contributed by atoms with Gasteiger partial charge < -0.3 is 13.8 Å². The highest BCUT2D eigenvalue weighted by Gasteiger charge is 2.31. The fraction of sp³-hybridized carbons (Fsp3) is 0.316. The van der Waals surface area contributed by atoms with Gasteiger partial charge in [0.2, 0.25) is 0 Å². The summed E-state index contributed by atoms with van der Waals surface area (Å²) in [5, 5.41) is 0.375. The number of hydrogen-bond acceptors (Lipinski definition) is 5. The van der Waals surface area contributed by atoms with Gasteiger partial charge in [-0.15, -0.1) is 0 Å². The van der Waals surface area contributed by atoms with Crippen molar-refractivity contribution in [3.8, 4) is 5.75 Å². The quantitative estimate of drug-likeness (QED) is 0.498. The highest BCUT2D eigenvalue weighted by atomic mass is 31.2. The maximum Gasteiger partial charge on any atom is 0.361 e. The summed E-state index contributed by atoms with van der Waals surface area (Å²) in [5.41, 5.74) is 1.21. The number of ketones is 1. The molecule has 134 valence electrons. The standard InChI is InChI=1S/C19H23O5P/c1-4-23-25(21,24-5-2)19-14-17(22-3)12-11-16(19)13-18(20)15-9-7-6-8-10-15/h6-12,14H,4-5,13H2,1-3H3. The Hall–Kier alpha value is -1.94. The lowest BCUT2D eigenvalue weighted by atomic mass is 10.0. The zero-order valence-electron chi connectivity index (χ0n) is 14.7. The summed E-state index contributed by atoms with van der Waals surface area (Å²) in [5.74, 6) is 0.470. The number of rotatable bonds is 9. The summed E-state index contributed by atoms with van der Waals surface area (Å²) in [6.07, 6.45) is 0.105. The minimum Gasteiger partial charge on any atom is -0.497 e. The van der Waals surface area contributed by atoms with E-state index >= 15 is 0 Å². The van der Waals surface area contributed by atoms with Gasteiger partial charge in [0.1, 0.15) is 5.75 Å². The number of benzene rings is 2. The Morgan fingerprint density at radius 3 is 2.20 bits per heavy atom. The van der Waals surface area contributed by atoms with Crippen LogP contribution in [0.1, 0.15) is 29.8 Å². The van der Waals surface area contributed by atoms with Crippen LogP contribution in [0, 0.1) is 0 Å². The molecule has 0 aliphatic rings. The van der Waals surface area contributed by atoms with E-state index in [9.17, 15) is 9.36 Å². The fourth-order valence-electron chi connectivity index (χ4n) is 2.49. The van der Waals surface area contributed by atoms with Gasteiger partial charge in [-0.25, -0.2) is 0 Å². The lowest BCUT2D eigenvalue weighted by Gasteiger charge is -2.20. The predicted octanol–water partition coefficient (Wildman–Crippen LogP) is 4.01. The molecule has 0 radical (unpaired) electrons. The highest BCUT2D eigenvalue weighted by molar-refractivity contribution is 7.62. The van der Waals surface area contributed by atoms with E-state index in [0.717, 1.165) is 0 Å². The molecule has 0 heterocycles. The van der Waals surface area contributed by atoms with Gasteiger partial charge in [-0.1, -0.05) is 36.4 Å². The minimum absolute atomic E-state index is 0.0634. The Balaban J connectivity index is 2.44. The molecule has 0 aromatic heterocycles. The molecule has 0 saturated carbocycles. The molecule has 0 aliphatic carbocycles. The van der Waals surface area contributed by atoms with Crippen LogP contribution >= 0.6 is 7.60 Å². The maximum atomic E-state index is 13.2. The lowest BCUT2D eigenvalue weighted by Crippen LogP contribution is -2.19. The van der Waals surface area contributed by atoms with Crippen molar-refractivity contribution in [1.82, 2.24) is 0 Å². The number of ether oxygens (including phenoxy) is 1. The van der Waals surface area contributed by atoms with Crippen molar-refractivity contribution in [1.29, 1.82) is 0 Å². The fourth-order valence-corrected chi connectivity index (χ4v) is 4.31. The van der Waals surface area contributed by atoms with Crippen molar-refractivity contribution >= 4 is 18.7 Å². The van der Waals surface area contributed by atoms with E-state index in [4.69, 9.17) is 13.8 Å². The summed E-state index contributed by atoms with van der Waals surface area (Å²) >= 11 is 0. The van der Waals surface area contributed by atoms with Gasteiger partial charge in [0.25, 0.3) is 0 Å². The number of methoxy groups -OCH3 is 1. The molecule has 6 heteroatoms. The van der Waals surface area contributed by atoms with Gasteiger partial charge in [0.05, 0.1) is 25.6 Å². The van der Waals surface area contributed by atoms with Crippen molar-refractivity contribution in [2.45, 2.75) is 20.3 Å². The van der Waals surface area contributed by atoms with Crippen molar-refractivity contribution in [3.05, 3.63) is 59.7 Å². The molecular weight excluding hydrogens is 339 g/mol. The van der Waals surface area contributed by atoms with Gasteiger partial charge in [-0.05, 0) is 31.5 Å². The first-order valence-corrected chi connectivity index (χ1v) is 9.73. The highest BCUT2D eigenvalue weighted by Crippen LogP contribution is 2.48. The van der Waals surface area contributed by atoms with Crippen LogP contribution in [0.4, 0.5) is 0 Å². The van der Waals surface area contributed by atoms with Crippen LogP contribution in [0.15, 0.2) is 48.5 Å². The second-order valence-corrected chi connectivity index (χ2v) is 7.29. The van der Waals surface area contributed by atoms with E-state index in [0.29, 0.717) is 22.2 Å². The third-order valence-electron chi connectivity index (χ3n) is 3.63. The summed E-state index contributed by atoms with van der Waals surface area (Å²) in [7, 11) is -2.00. The van der Waals surface area contributed by atoms with E-state index in [2.05, 4.69) is 0 Å². The van der Waals surface area contributed by atoms with Crippen molar-refractivity contribution in [2.75, 3.05) is 20.3 Å². The Morgan fingerprint density at radius 2 is 1.64 bits per heavy atom. The lowest BCUT2D eigenvalue weighted by molar-refractivity contribution is 0.0993. The first-order valence-electron chi connectivity index (χ1n) is 8.19. The molecule has 0 aliphatic heterocycles. The molecule has 0 atom stereocenters. The molecule has 2 aromatic carbocycles. The Bertz CT molecular complexity index is 748. The van der Waals surface area contributed by atoms with Gasteiger partial charge >= 0.3 is 7.60 Å². The predicted molar refractivity (Wildman–Crippen MR) is 98.0 cm³/mol. The molecule has 0 N–H and O–H groups in total. The molecule has 0 amide bonds. The van der Waals surface area contributed by atoms with E-state index in [1.807, 2.05) is 18.2 Å². The molecule has 0 spiro atoms. The summed E-state index contributed by atoms with van der Waals surface area (Å²) in [6, 6.07) is 14.1. The molecule has 0 saturated heterocycles. The zero-order chi connectivity index (χ0) is 18.3. The number of Topliss-reactive ketones (excluding diaryl/α,β-unsaturated/α-hetero) is 1. The zero-order valence-corrected chi connectivity index (χ0v) is 15.6. The van der Waals surface area contributed by atoms with Gasteiger partial charge in [-0.2, -0.15) is 0 Å². The van der Waals surface area contributed by atoms with Crippen molar-refractivity contribution in [3.63, 3.8) is 0 Å². The average Bonchev–Trinajstić information content (AvgIpc) is 2.63. The van der Waals surface area contributed by atoms with Crippen LogP contribution in [-0.2, 0) is 20.0 Å². The summed E-state index contributed by atoms with van der Waals surface area (Å²) in [6.45, 7) is 3.97. The van der Waals surface area contributed by atoms with Crippen LogP contribution < -0.4 is 10.0 Å². The molecule has 0 unspecified atom stereocenters. The van der Waals surface area contributed by atoms with Crippen LogP contribution in [0.5, 0.6) is 5.75 Å². The first kappa shape index (κ1) is 19.4. The largest absolute Gasteiger partial charge is 0.497 e. The SMILES string of the molecule is CCOP(=O)(OCC)c1cc(OC)ccc1CC(=O)c1ccccc1. The molecule has 2 aromatic rings. The molecule has 0 fully saturated rings. The first-order chi connectivity index (χ1) is 12.0.